The molecule has 0 radical (unpaired) electrons. The fourth-order valence-electron chi connectivity index (χ4n) is 1.45. The summed E-state index contributed by atoms with van der Waals surface area (Å²) >= 11 is 0. The van der Waals surface area contributed by atoms with Crippen molar-refractivity contribution in [3.63, 3.8) is 0 Å². The van der Waals surface area contributed by atoms with Crippen LogP contribution in [0.25, 0.3) is 0 Å². The van der Waals surface area contributed by atoms with Crippen LogP contribution < -0.4 is 4.83 Å². The number of hydrazone groups is 1. The van der Waals surface area contributed by atoms with Gasteiger partial charge in [0, 0.05) is 18.0 Å². The van der Waals surface area contributed by atoms with Crippen molar-refractivity contribution in [3.8, 4) is 0 Å². The van der Waals surface area contributed by atoms with Crippen LogP contribution in [-0.2, 0) is 10.0 Å². The molecule has 0 fully saturated rings. The minimum atomic E-state index is -3.80. The van der Waals surface area contributed by atoms with Gasteiger partial charge in [0.15, 0.2) is 0 Å². The summed E-state index contributed by atoms with van der Waals surface area (Å²) in [5, 5.41) is 3.82. The highest BCUT2D eigenvalue weighted by molar-refractivity contribution is 7.89. The molecule has 2 aromatic rings. The molecule has 0 bridgehead atoms. The molecule has 104 valence electrons. The standard InChI is InChI=1S/C13H12FN3O2S/c1-10(11-6-8-15-9-7-11)16-17-20(18,19)13-4-2-12(14)3-5-13/h2-9,17H,1H3. The molecule has 7 heteroatoms. The topological polar surface area (TPSA) is 71.4 Å². The minimum Gasteiger partial charge on any atom is -0.265 e. The summed E-state index contributed by atoms with van der Waals surface area (Å²) in [7, 11) is -3.80. The Balaban J connectivity index is 2.19. The van der Waals surface area contributed by atoms with Gasteiger partial charge in [-0.3, -0.25) is 4.98 Å². The van der Waals surface area contributed by atoms with Gasteiger partial charge in [0.05, 0.1) is 10.6 Å². The number of hydrogen-bond acceptors (Lipinski definition) is 4. The Bertz CT molecular complexity index is 713. The predicted molar refractivity (Wildman–Crippen MR) is 73.2 cm³/mol. The second-order valence-corrected chi connectivity index (χ2v) is 5.64. The summed E-state index contributed by atoms with van der Waals surface area (Å²) in [6.45, 7) is 1.67. The highest BCUT2D eigenvalue weighted by Crippen LogP contribution is 2.09. The third-order valence-electron chi connectivity index (χ3n) is 2.56. The van der Waals surface area contributed by atoms with E-state index in [4.69, 9.17) is 0 Å². The molecule has 5 nitrogen and oxygen atoms in total. The Labute approximate surface area is 116 Å². The number of pyridine rings is 1. The summed E-state index contributed by atoms with van der Waals surface area (Å²) in [5.74, 6) is -0.500. The largest absolute Gasteiger partial charge is 0.276 e. The van der Waals surface area contributed by atoms with Gasteiger partial charge in [0.2, 0.25) is 0 Å². The second-order valence-electron chi connectivity index (χ2n) is 3.98. The van der Waals surface area contributed by atoms with Crippen LogP contribution in [0.5, 0.6) is 0 Å². The third-order valence-corrected chi connectivity index (χ3v) is 3.78. The number of benzene rings is 1. The van der Waals surface area contributed by atoms with Crippen LogP contribution in [0.2, 0.25) is 0 Å². The monoisotopic (exact) mass is 293 g/mol. The highest BCUT2D eigenvalue weighted by Gasteiger charge is 2.12. The Morgan fingerprint density at radius 3 is 2.35 bits per heavy atom. The van der Waals surface area contributed by atoms with Crippen LogP contribution in [0.1, 0.15) is 12.5 Å². The van der Waals surface area contributed by atoms with Crippen molar-refractivity contribution in [1.82, 2.24) is 9.82 Å². The molecule has 0 spiro atoms. The number of rotatable bonds is 4. The van der Waals surface area contributed by atoms with Gasteiger partial charge in [-0.15, -0.1) is 0 Å². The van der Waals surface area contributed by atoms with Crippen molar-refractivity contribution in [2.24, 2.45) is 5.10 Å². The second kappa shape index (κ2) is 5.79. The Hall–Kier alpha value is -2.28. The van der Waals surface area contributed by atoms with Gasteiger partial charge in [0.25, 0.3) is 10.0 Å². The molecule has 0 aliphatic rings. The van der Waals surface area contributed by atoms with E-state index in [-0.39, 0.29) is 4.90 Å². The molecule has 20 heavy (non-hydrogen) atoms. The maximum atomic E-state index is 12.8. The molecule has 0 aliphatic carbocycles. The van der Waals surface area contributed by atoms with E-state index in [0.29, 0.717) is 5.71 Å². The summed E-state index contributed by atoms with van der Waals surface area (Å²) < 4.78 is 36.6. The van der Waals surface area contributed by atoms with Crippen molar-refractivity contribution in [3.05, 3.63) is 60.2 Å². The molecule has 0 atom stereocenters. The number of hydrogen-bond donors (Lipinski definition) is 1. The smallest absolute Gasteiger partial charge is 0.265 e. The Kier molecular flexibility index (Phi) is 4.09. The van der Waals surface area contributed by atoms with Crippen LogP contribution in [0.3, 0.4) is 0 Å². The fourth-order valence-corrected chi connectivity index (χ4v) is 2.31. The van der Waals surface area contributed by atoms with Crippen LogP contribution in [0.4, 0.5) is 4.39 Å². The van der Waals surface area contributed by atoms with E-state index in [1.54, 1.807) is 31.5 Å². The minimum absolute atomic E-state index is 0.0508. The molecule has 0 unspecified atom stereocenters. The third kappa shape index (κ3) is 3.39. The zero-order chi connectivity index (χ0) is 14.6. The van der Waals surface area contributed by atoms with Crippen molar-refractivity contribution < 1.29 is 12.8 Å². The van der Waals surface area contributed by atoms with E-state index in [2.05, 4.69) is 14.9 Å². The lowest BCUT2D eigenvalue weighted by Crippen LogP contribution is -2.20. The summed E-state index contributed by atoms with van der Waals surface area (Å²) in [5.41, 5.74) is 1.25. The average molecular weight is 293 g/mol. The van der Waals surface area contributed by atoms with E-state index in [1.165, 1.54) is 12.1 Å². The Morgan fingerprint density at radius 2 is 1.75 bits per heavy atom. The quantitative estimate of drug-likeness (QED) is 0.691. The first-order valence-electron chi connectivity index (χ1n) is 5.71. The van der Waals surface area contributed by atoms with Crippen LogP contribution in [-0.4, -0.2) is 19.1 Å². The SMILES string of the molecule is CC(=NNS(=O)(=O)c1ccc(F)cc1)c1ccncc1. The van der Waals surface area contributed by atoms with Crippen molar-refractivity contribution >= 4 is 15.7 Å². The molecule has 1 aromatic heterocycles. The Morgan fingerprint density at radius 1 is 1.15 bits per heavy atom. The molecule has 0 saturated heterocycles. The number of halogens is 1. The first kappa shape index (κ1) is 14.1. The lowest BCUT2D eigenvalue weighted by Gasteiger charge is -2.05. The number of aromatic nitrogens is 1. The molecule has 0 amide bonds. The first-order valence-corrected chi connectivity index (χ1v) is 7.19. The van der Waals surface area contributed by atoms with E-state index >= 15 is 0 Å². The van der Waals surface area contributed by atoms with Crippen LogP contribution >= 0.6 is 0 Å². The maximum absolute atomic E-state index is 12.8. The number of nitrogens with one attached hydrogen (secondary N) is 1. The van der Waals surface area contributed by atoms with E-state index in [9.17, 15) is 12.8 Å². The van der Waals surface area contributed by atoms with Gasteiger partial charge in [0.1, 0.15) is 5.82 Å². The zero-order valence-corrected chi connectivity index (χ0v) is 11.4. The molecular formula is C13H12FN3O2S. The predicted octanol–water partition coefficient (Wildman–Crippen LogP) is 1.92. The molecule has 1 N–H and O–H groups in total. The van der Waals surface area contributed by atoms with Crippen LogP contribution in [0.15, 0.2) is 58.8 Å². The normalized spacial score (nSPS) is 12.2. The highest BCUT2D eigenvalue weighted by atomic mass is 32.2. The van der Waals surface area contributed by atoms with E-state index in [0.717, 1.165) is 17.7 Å². The molecule has 0 aliphatic heterocycles. The maximum Gasteiger partial charge on any atom is 0.276 e. The van der Waals surface area contributed by atoms with Gasteiger partial charge >= 0.3 is 0 Å². The molecule has 0 saturated carbocycles. The fraction of sp³-hybridized carbons (Fsp3) is 0.0769. The van der Waals surface area contributed by atoms with Crippen molar-refractivity contribution in [2.45, 2.75) is 11.8 Å². The molecule has 1 aromatic carbocycles. The summed E-state index contributed by atoms with van der Waals surface area (Å²) in [6.07, 6.45) is 3.17. The zero-order valence-electron chi connectivity index (χ0n) is 10.6. The number of sulfonamides is 1. The van der Waals surface area contributed by atoms with Gasteiger partial charge in [-0.2, -0.15) is 18.4 Å². The van der Waals surface area contributed by atoms with E-state index in [1.807, 2.05) is 0 Å². The average Bonchev–Trinajstić information content (AvgIpc) is 2.46. The molecule has 2 rings (SSSR count). The van der Waals surface area contributed by atoms with Gasteiger partial charge < -0.3 is 0 Å². The summed E-state index contributed by atoms with van der Waals surface area (Å²) in [4.78, 5) is 5.92. The lowest BCUT2D eigenvalue weighted by atomic mass is 10.2. The van der Waals surface area contributed by atoms with Crippen molar-refractivity contribution in [2.75, 3.05) is 0 Å². The number of nitrogens with zero attached hydrogens (tertiary/aromatic N) is 2. The molecular weight excluding hydrogens is 281 g/mol. The lowest BCUT2D eigenvalue weighted by molar-refractivity contribution is 0.583. The van der Waals surface area contributed by atoms with E-state index < -0.39 is 15.8 Å². The van der Waals surface area contributed by atoms with Crippen molar-refractivity contribution in [1.29, 1.82) is 0 Å². The first-order chi connectivity index (χ1) is 9.49. The summed E-state index contributed by atoms with van der Waals surface area (Å²) in [6, 6.07) is 7.93. The van der Waals surface area contributed by atoms with Gasteiger partial charge in [-0.25, -0.2) is 4.39 Å². The van der Waals surface area contributed by atoms with Gasteiger partial charge in [-0.1, -0.05) is 0 Å². The molecule has 1 heterocycles. The van der Waals surface area contributed by atoms with Gasteiger partial charge in [-0.05, 0) is 43.3 Å². The van der Waals surface area contributed by atoms with Crippen LogP contribution in [0, 0.1) is 5.82 Å².